The topological polar surface area (TPSA) is 127 Å². The number of halogens is 2. The molecule has 3 aromatic rings. The molecule has 2 atom stereocenters. The van der Waals surface area contributed by atoms with E-state index in [2.05, 4.69) is 52.9 Å². The molecule has 12 heteroatoms. The minimum absolute atomic E-state index is 0.135. The van der Waals surface area contributed by atoms with Crippen LogP contribution in [0.3, 0.4) is 0 Å². The number of methoxy groups -OCH3 is 3. The van der Waals surface area contributed by atoms with Gasteiger partial charge in [-0.3, -0.25) is 9.59 Å². The SMILES string of the molecule is C=C(CCC(F)F)NC=O.CCCC(C)CC(C)COC.COc1cc(C)c(NC(=O)c2c(OC)ccc3[nH]c(C)nc23)cn1. The summed E-state index contributed by atoms with van der Waals surface area (Å²) in [5.74, 6) is 2.97. The Balaban J connectivity index is 0.000000403. The molecule has 0 aliphatic rings. The molecule has 45 heavy (non-hydrogen) atoms. The second-order valence-electron chi connectivity index (χ2n) is 10.8. The van der Waals surface area contributed by atoms with Crippen LogP contribution in [-0.4, -0.2) is 61.6 Å². The van der Waals surface area contributed by atoms with Crippen molar-refractivity contribution in [2.24, 2.45) is 11.8 Å². The Labute approximate surface area is 265 Å². The van der Waals surface area contributed by atoms with Crippen molar-refractivity contribution in [2.45, 2.75) is 73.1 Å². The van der Waals surface area contributed by atoms with E-state index in [0.717, 1.165) is 35.3 Å². The van der Waals surface area contributed by atoms with Gasteiger partial charge in [0.25, 0.3) is 5.91 Å². The molecule has 0 saturated carbocycles. The van der Waals surface area contributed by atoms with E-state index in [-0.39, 0.29) is 18.7 Å². The minimum Gasteiger partial charge on any atom is -0.496 e. The van der Waals surface area contributed by atoms with Crippen LogP contribution in [0.1, 0.15) is 74.6 Å². The largest absolute Gasteiger partial charge is 0.496 e. The molecule has 1 aromatic carbocycles. The van der Waals surface area contributed by atoms with Gasteiger partial charge >= 0.3 is 0 Å². The van der Waals surface area contributed by atoms with Crippen LogP contribution in [0.5, 0.6) is 11.6 Å². The number of alkyl halides is 2. The number of imidazole rings is 1. The number of ether oxygens (including phenoxy) is 3. The first-order chi connectivity index (χ1) is 21.4. The molecule has 10 nitrogen and oxygen atoms in total. The van der Waals surface area contributed by atoms with Gasteiger partial charge in [0.15, 0.2) is 0 Å². The summed E-state index contributed by atoms with van der Waals surface area (Å²) in [4.78, 5) is 34.2. The number of benzene rings is 1. The fourth-order valence-corrected chi connectivity index (χ4v) is 4.62. The Kier molecular flexibility index (Phi) is 18.0. The van der Waals surface area contributed by atoms with Crippen LogP contribution in [0.25, 0.3) is 11.0 Å². The van der Waals surface area contributed by atoms with Gasteiger partial charge in [-0.1, -0.05) is 40.2 Å². The standard InChI is InChI=1S/C17H18N4O3.C10H22O.C6H9F2NO/c1-9-7-14(24-4)18-8-12(9)21-17(22)15-13(23-3)6-5-11-16(15)20-10(2)19-11;1-5-6-9(2)7-10(3)8-11-4;1-5(9-4-10)2-3-6(7)8/h5-8H,1-4H3,(H,19,20)(H,21,22);9-10H,5-8H2,1-4H3;4,6H,1-3H2,(H,9,10). The lowest BCUT2D eigenvalue weighted by Crippen LogP contribution is -2.15. The molecule has 0 fully saturated rings. The predicted molar refractivity (Wildman–Crippen MR) is 174 cm³/mol. The van der Waals surface area contributed by atoms with Gasteiger partial charge in [0, 0.05) is 31.9 Å². The minimum atomic E-state index is -2.33. The number of hydrogen-bond acceptors (Lipinski definition) is 7. The van der Waals surface area contributed by atoms with Crippen LogP contribution in [0.4, 0.5) is 14.5 Å². The van der Waals surface area contributed by atoms with Gasteiger partial charge in [0.2, 0.25) is 18.7 Å². The third-order valence-electron chi connectivity index (χ3n) is 6.69. The van der Waals surface area contributed by atoms with Crippen LogP contribution < -0.4 is 20.1 Å². The molecule has 0 aliphatic carbocycles. The zero-order valence-electron chi connectivity index (χ0n) is 27.8. The van der Waals surface area contributed by atoms with E-state index in [0.29, 0.717) is 40.5 Å². The zero-order chi connectivity index (χ0) is 33.9. The van der Waals surface area contributed by atoms with Crippen LogP contribution in [-0.2, 0) is 9.53 Å². The van der Waals surface area contributed by atoms with Crippen molar-refractivity contribution < 1.29 is 32.6 Å². The fraction of sp³-hybridized carbons (Fsp3) is 0.515. The number of hydrogen-bond donors (Lipinski definition) is 3. The van der Waals surface area contributed by atoms with E-state index in [1.165, 1.54) is 26.4 Å². The highest BCUT2D eigenvalue weighted by molar-refractivity contribution is 6.13. The summed E-state index contributed by atoms with van der Waals surface area (Å²) in [5, 5.41) is 5.06. The molecule has 2 aromatic heterocycles. The molecule has 0 spiro atoms. The maximum Gasteiger partial charge on any atom is 0.261 e. The smallest absolute Gasteiger partial charge is 0.261 e. The number of H-pyrrole nitrogens is 1. The third kappa shape index (κ3) is 14.1. The lowest BCUT2D eigenvalue weighted by Gasteiger charge is -2.15. The van der Waals surface area contributed by atoms with Gasteiger partial charge in [-0.25, -0.2) is 18.7 Å². The average Bonchev–Trinajstić information content (AvgIpc) is 3.37. The molecule has 0 aliphatic heterocycles. The van der Waals surface area contributed by atoms with E-state index in [9.17, 15) is 18.4 Å². The Morgan fingerprint density at radius 2 is 1.82 bits per heavy atom. The molecular formula is C33H49F2N5O5. The molecule has 0 saturated heterocycles. The summed E-state index contributed by atoms with van der Waals surface area (Å²) >= 11 is 0. The number of rotatable bonds is 15. The predicted octanol–water partition coefficient (Wildman–Crippen LogP) is 7.23. The first kappa shape index (κ1) is 39.0. The first-order valence-corrected chi connectivity index (χ1v) is 14.9. The fourth-order valence-electron chi connectivity index (χ4n) is 4.62. The number of allylic oxidation sites excluding steroid dienone is 1. The Bertz CT molecular complexity index is 1340. The summed E-state index contributed by atoms with van der Waals surface area (Å²) in [6, 6.07) is 5.34. The van der Waals surface area contributed by atoms with Crippen molar-refractivity contribution in [3.8, 4) is 11.6 Å². The Morgan fingerprint density at radius 1 is 1.11 bits per heavy atom. The Hall–Kier alpha value is -4.06. The van der Waals surface area contributed by atoms with Gasteiger partial charge in [0.1, 0.15) is 22.7 Å². The molecule has 3 rings (SSSR count). The zero-order valence-corrected chi connectivity index (χ0v) is 27.8. The number of aromatic nitrogens is 3. The second kappa shape index (κ2) is 20.8. The molecule has 250 valence electrons. The maximum absolute atomic E-state index is 12.8. The van der Waals surface area contributed by atoms with Crippen LogP contribution in [0.15, 0.2) is 36.7 Å². The average molecular weight is 634 g/mol. The lowest BCUT2D eigenvalue weighted by molar-refractivity contribution is -0.109. The molecular weight excluding hydrogens is 584 g/mol. The van der Waals surface area contributed by atoms with E-state index in [1.54, 1.807) is 32.5 Å². The number of carbonyl (C=O) groups excluding carboxylic acids is 2. The van der Waals surface area contributed by atoms with Crippen LogP contribution in [0, 0.1) is 25.7 Å². The number of nitrogens with one attached hydrogen (secondary N) is 3. The highest BCUT2D eigenvalue weighted by atomic mass is 19.3. The first-order valence-electron chi connectivity index (χ1n) is 14.9. The van der Waals surface area contributed by atoms with Crippen LogP contribution >= 0.6 is 0 Å². The van der Waals surface area contributed by atoms with E-state index in [1.807, 2.05) is 19.9 Å². The van der Waals surface area contributed by atoms with Crippen molar-refractivity contribution in [3.05, 3.63) is 53.6 Å². The number of fused-ring (bicyclic) bond motifs is 1. The van der Waals surface area contributed by atoms with Crippen molar-refractivity contribution >= 4 is 29.0 Å². The van der Waals surface area contributed by atoms with Crippen LogP contribution in [0.2, 0.25) is 0 Å². The molecule has 2 amide bonds. The molecule has 0 radical (unpaired) electrons. The molecule has 2 heterocycles. The highest BCUT2D eigenvalue weighted by Crippen LogP contribution is 2.28. The summed E-state index contributed by atoms with van der Waals surface area (Å²) in [6.07, 6.45) is 3.51. The highest BCUT2D eigenvalue weighted by Gasteiger charge is 2.20. The van der Waals surface area contributed by atoms with E-state index < -0.39 is 6.43 Å². The van der Waals surface area contributed by atoms with Crippen molar-refractivity contribution in [1.82, 2.24) is 20.3 Å². The Morgan fingerprint density at radius 3 is 2.38 bits per heavy atom. The van der Waals surface area contributed by atoms with Crippen molar-refractivity contribution in [1.29, 1.82) is 0 Å². The number of nitrogens with zero attached hydrogens (tertiary/aromatic N) is 2. The number of amides is 2. The normalized spacial score (nSPS) is 11.8. The third-order valence-corrected chi connectivity index (χ3v) is 6.69. The maximum atomic E-state index is 12.8. The van der Waals surface area contributed by atoms with Gasteiger partial charge < -0.3 is 29.8 Å². The second-order valence-corrected chi connectivity index (χ2v) is 10.8. The number of pyridine rings is 1. The molecule has 2 unspecified atom stereocenters. The molecule has 3 N–H and O–H groups in total. The summed E-state index contributed by atoms with van der Waals surface area (Å²) in [6.45, 7) is 14.8. The van der Waals surface area contributed by atoms with Gasteiger partial charge in [-0.05, 0) is 56.2 Å². The van der Waals surface area contributed by atoms with Crippen molar-refractivity contribution in [3.63, 3.8) is 0 Å². The monoisotopic (exact) mass is 633 g/mol. The lowest BCUT2D eigenvalue weighted by atomic mass is 9.94. The van der Waals surface area contributed by atoms with Gasteiger partial charge in [-0.2, -0.15) is 0 Å². The van der Waals surface area contributed by atoms with E-state index in [4.69, 9.17) is 14.2 Å². The molecule has 0 bridgehead atoms. The van der Waals surface area contributed by atoms with E-state index >= 15 is 0 Å². The number of aromatic amines is 1. The number of anilines is 1. The number of aryl methyl sites for hydroxylation is 2. The number of carbonyl (C=O) groups is 2. The van der Waals surface area contributed by atoms with Gasteiger partial charge in [0.05, 0.1) is 31.6 Å². The summed E-state index contributed by atoms with van der Waals surface area (Å²) in [7, 11) is 4.85. The van der Waals surface area contributed by atoms with Crippen molar-refractivity contribution in [2.75, 3.05) is 33.3 Å². The quantitative estimate of drug-likeness (QED) is 0.151. The summed E-state index contributed by atoms with van der Waals surface area (Å²) in [5.41, 5.74) is 3.52. The van der Waals surface area contributed by atoms with Gasteiger partial charge in [-0.15, -0.1) is 0 Å². The summed E-state index contributed by atoms with van der Waals surface area (Å²) < 4.78 is 38.5.